The van der Waals surface area contributed by atoms with Crippen molar-refractivity contribution in [3.05, 3.63) is 66.2 Å². The molecule has 0 radical (unpaired) electrons. The Kier molecular flexibility index (Phi) is 2.61. The summed E-state index contributed by atoms with van der Waals surface area (Å²) in [5.41, 5.74) is 5.89. The standard InChI is InChI=1S/C20H14N2S/c1-12-5-4-6-13(11-12)20-22-17-10-9-15-14-7-2-3-8-16(14)21-18(15)19(17)23-20/h2-11,21H,1H3. The molecule has 0 aliphatic heterocycles. The SMILES string of the molecule is Cc1cccc(-c2nc3ccc4c5ccccc5[nH]c4c3s2)c1. The van der Waals surface area contributed by atoms with Gasteiger partial charge in [-0.05, 0) is 31.2 Å². The van der Waals surface area contributed by atoms with Crippen LogP contribution in [0.15, 0.2) is 60.7 Å². The van der Waals surface area contributed by atoms with Gasteiger partial charge in [0, 0.05) is 21.9 Å². The predicted molar refractivity (Wildman–Crippen MR) is 99.2 cm³/mol. The number of fused-ring (bicyclic) bond motifs is 5. The van der Waals surface area contributed by atoms with E-state index < -0.39 is 0 Å². The van der Waals surface area contributed by atoms with Gasteiger partial charge in [0.25, 0.3) is 0 Å². The quantitative estimate of drug-likeness (QED) is 0.409. The van der Waals surface area contributed by atoms with Gasteiger partial charge >= 0.3 is 0 Å². The number of aromatic amines is 1. The number of aromatic nitrogens is 2. The Morgan fingerprint density at radius 1 is 0.913 bits per heavy atom. The second-order valence-corrected chi connectivity index (χ2v) is 6.89. The molecule has 0 saturated carbocycles. The molecule has 0 atom stereocenters. The fourth-order valence-corrected chi connectivity index (χ4v) is 4.27. The number of H-pyrrole nitrogens is 1. The molecule has 3 aromatic carbocycles. The van der Waals surface area contributed by atoms with Gasteiger partial charge in [0.1, 0.15) is 5.01 Å². The summed E-state index contributed by atoms with van der Waals surface area (Å²) in [5.74, 6) is 0. The third-order valence-electron chi connectivity index (χ3n) is 4.30. The molecule has 5 rings (SSSR count). The van der Waals surface area contributed by atoms with Crippen LogP contribution in [-0.4, -0.2) is 9.97 Å². The van der Waals surface area contributed by atoms with E-state index in [2.05, 4.69) is 72.6 Å². The normalized spacial score (nSPS) is 11.7. The number of hydrogen-bond donors (Lipinski definition) is 1. The van der Waals surface area contributed by atoms with Crippen LogP contribution < -0.4 is 0 Å². The number of thiazole rings is 1. The lowest BCUT2D eigenvalue weighted by Gasteiger charge is -1.96. The summed E-state index contributed by atoms with van der Waals surface area (Å²) in [6.07, 6.45) is 0. The van der Waals surface area contributed by atoms with E-state index in [1.165, 1.54) is 37.6 Å². The third-order valence-corrected chi connectivity index (χ3v) is 5.44. The van der Waals surface area contributed by atoms with Crippen LogP contribution in [-0.2, 0) is 0 Å². The molecule has 110 valence electrons. The molecule has 5 aromatic rings. The van der Waals surface area contributed by atoms with Crippen molar-refractivity contribution < 1.29 is 0 Å². The molecule has 0 fully saturated rings. The van der Waals surface area contributed by atoms with Gasteiger partial charge in [-0.2, -0.15) is 0 Å². The summed E-state index contributed by atoms with van der Waals surface area (Å²) in [7, 11) is 0. The molecule has 0 bridgehead atoms. The highest BCUT2D eigenvalue weighted by molar-refractivity contribution is 7.22. The highest BCUT2D eigenvalue weighted by Gasteiger charge is 2.12. The van der Waals surface area contributed by atoms with Crippen LogP contribution in [0, 0.1) is 6.92 Å². The fourth-order valence-electron chi connectivity index (χ4n) is 3.20. The molecular weight excluding hydrogens is 300 g/mol. The Balaban J connectivity index is 1.84. The molecule has 0 saturated heterocycles. The van der Waals surface area contributed by atoms with E-state index in [0.29, 0.717) is 0 Å². The van der Waals surface area contributed by atoms with Gasteiger partial charge in [-0.15, -0.1) is 11.3 Å². The predicted octanol–water partition coefficient (Wildman–Crippen LogP) is 5.91. The van der Waals surface area contributed by atoms with Crippen LogP contribution in [0.25, 0.3) is 42.6 Å². The molecule has 2 aromatic heterocycles. The Morgan fingerprint density at radius 2 is 1.83 bits per heavy atom. The zero-order valence-electron chi connectivity index (χ0n) is 12.6. The monoisotopic (exact) mass is 314 g/mol. The molecule has 0 aliphatic rings. The highest BCUT2D eigenvalue weighted by Crippen LogP contribution is 2.37. The maximum absolute atomic E-state index is 4.84. The smallest absolute Gasteiger partial charge is 0.124 e. The lowest BCUT2D eigenvalue weighted by Crippen LogP contribution is -1.77. The summed E-state index contributed by atoms with van der Waals surface area (Å²) < 4.78 is 1.23. The highest BCUT2D eigenvalue weighted by atomic mass is 32.1. The van der Waals surface area contributed by atoms with Gasteiger partial charge in [-0.3, -0.25) is 0 Å². The van der Waals surface area contributed by atoms with Gasteiger partial charge < -0.3 is 4.98 Å². The number of para-hydroxylation sites is 1. The van der Waals surface area contributed by atoms with Gasteiger partial charge in [0.2, 0.25) is 0 Å². The lowest BCUT2D eigenvalue weighted by molar-refractivity contribution is 1.43. The van der Waals surface area contributed by atoms with Crippen LogP contribution in [0.5, 0.6) is 0 Å². The second-order valence-electron chi connectivity index (χ2n) is 5.90. The zero-order chi connectivity index (χ0) is 15.4. The van der Waals surface area contributed by atoms with E-state index in [0.717, 1.165) is 10.5 Å². The number of aryl methyl sites for hydroxylation is 1. The van der Waals surface area contributed by atoms with Crippen molar-refractivity contribution in [3.63, 3.8) is 0 Å². The molecule has 0 unspecified atom stereocenters. The molecule has 3 heteroatoms. The molecule has 0 amide bonds. The van der Waals surface area contributed by atoms with Crippen LogP contribution in [0.1, 0.15) is 5.56 Å². The Hall–Kier alpha value is -2.65. The van der Waals surface area contributed by atoms with Gasteiger partial charge in [0.15, 0.2) is 0 Å². The molecule has 1 N–H and O–H groups in total. The average Bonchev–Trinajstić information content (AvgIpc) is 3.16. The van der Waals surface area contributed by atoms with Crippen molar-refractivity contribution in [2.24, 2.45) is 0 Å². The Bertz CT molecular complexity index is 1180. The van der Waals surface area contributed by atoms with E-state index >= 15 is 0 Å². The van der Waals surface area contributed by atoms with Crippen LogP contribution in [0.3, 0.4) is 0 Å². The number of benzene rings is 3. The molecule has 0 spiro atoms. The van der Waals surface area contributed by atoms with Crippen molar-refractivity contribution in [1.82, 2.24) is 9.97 Å². The van der Waals surface area contributed by atoms with E-state index in [9.17, 15) is 0 Å². The molecular formula is C20H14N2S. The summed E-state index contributed by atoms with van der Waals surface area (Å²) in [5, 5.41) is 3.62. The fraction of sp³-hybridized carbons (Fsp3) is 0.0500. The lowest BCUT2D eigenvalue weighted by atomic mass is 10.1. The molecule has 23 heavy (non-hydrogen) atoms. The number of hydrogen-bond acceptors (Lipinski definition) is 2. The second kappa shape index (κ2) is 4.67. The number of rotatable bonds is 1. The molecule has 2 nitrogen and oxygen atoms in total. The topological polar surface area (TPSA) is 28.7 Å². The van der Waals surface area contributed by atoms with Crippen LogP contribution in [0.4, 0.5) is 0 Å². The van der Waals surface area contributed by atoms with Gasteiger partial charge in [-0.1, -0.05) is 42.0 Å². The van der Waals surface area contributed by atoms with Crippen molar-refractivity contribution >= 4 is 43.4 Å². The van der Waals surface area contributed by atoms with Gasteiger partial charge in [0.05, 0.1) is 15.7 Å². The summed E-state index contributed by atoms with van der Waals surface area (Å²) >= 11 is 1.76. The minimum Gasteiger partial charge on any atom is -0.353 e. The first kappa shape index (κ1) is 12.9. The minimum atomic E-state index is 1.06. The van der Waals surface area contributed by atoms with E-state index in [1.807, 2.05) is 0 Å². The van der Waals surface area contributed by atoms with E-state index in [4.69, 9.17) is 4.98 Å². The Morgan fingerprint density at radius 3 is 2.74 bits per heavy atom. The maximum atomic E-state index is 4.84. The van der Waals surface area contributed by atoms with Crippen LogP contribution in [0.2, 0.25) is 0 Å². The Labute approximate surface area is 137 Å². The summed E-state index contributed by atoms with van der Waals surface area (Å²) in [4.78, 5) is 8.41. The van der Waals surface area contributed by atoms with Crippen molar-refractivity contribution in [3.8, 4) is 10.6 Å². The first-order valence-corrected chi connectivity index (χ1v) is 8.48. The van der Waals surface area contributed by atoms with E-state index in [-0.39, 0.29) is 0 Å². The van der Waals surface area contributed by atoms with Crippen molar-refractivity contribution in [2.75, 3.05) is 0 Å². The summed E-state index contributed by atoms with van der Waals surface area (Å²) in [6.45, 7) is 2.12. The largest absolute Gasteiger partial charge is 0.353 e. The first-order chi connectivity index (χ1) is 11.3. The zero-order valence-corrected chi connectivity index (χ0v) is 13.4. The molecule has 2 heterocycles. The van der Waals surface area contributed by atoms with Crippen LogP contribution >= 0.6 is 11.3 Å². The number of nitrogens with one attached hydrogen (secondary N) is 1. The van der Waals surface area contributed by atoms with Crippen molar-refractivity contribution in [2.45, 2.75) is 6.92 Å². The molecule has 0 aliphatic carbocycles. The third kappa shape index (κ3) is 1.90. The number of nitrogens with zero attached hydrogens (tertiary/aromatic N) is 1. The van der Waals surface area contributed by atoms with E-state index in [1.54, 1.807) is 11.3 Å². The van der Waals surface area contributed by atoms with Gasteiger partial charge in [-0.25, -0.2) is 4.98 Å². The first-order valence-electron chi connectivity index (χ1n) is 7.66. The average molecular weight is 314 g/mol. The maximum Gasteiger partial charge on any atom is 0.124 e. The summed E-state index contributed by atoms with van der Waals surface area (Å²) in [6, 6.07) is 21.3. The van der Waals surface area contributed by atoms with Crippen molar-refractivity contribution in [1.29, 1.82) is 0 Å². The minimum absolute atomic E-state index is 1.06.